The SMILES string of the molecule is Cc1ccc(CNC(=O)c2cc(S(=O)(=O)N3CCCC3)ccc2Cl)o1. The molecule has 1 aromatic heterocycles. The van der Waals surface area contributed by atoms with Crippen molar-refractivity contribution in [2.45, 2.75) is 31.2 Å². The lowest BCUT2D eigenvalue weighted by Crippen LogP contribution is -2.28. The number of halogens is 1. The molecule has 0 atom stereocenters. The van der Waals surface area contributed by atoms with Gasteiger partial charge in [-0.1, -0.05) is 11.6 Å². The number of carbonyl (C=O) groups is 1. The van der Waals surface area contributed by atoms with Crippen LogP contribution in [-0.4, -0.2) is 31.7 Å². The standard InChI is InChI=1S/C17H19ClN2O4S/c1-12-4-5-13(24-12)11-19-17(21)15-10-14(6-7-16(15)18)25(22,23)20-8-2-3-9-20/h4-7,10H,2-3,8-9,11H2,1H3,(H,19,21). The third kappa shape index (κ3) is 3.89. The lowest BCUT2D eigenvalue weighted by atomic mass is 10.2. The first-order valence-corrected chi connectivity index (χ1v) is 9.83. The van der Waals surface area contributed by atoms with Gasteiger partial charge in [0.25, 0.3) is 5.91 Å². The number of nitrogens with one attached hydrogen (secondary N) is 1. The van der Waals surface area contributed by atoms with Gasteiger partial charge in [0.2, 0.25) is 10.0 Å². The maximum absolute atomic E-state index is 12.6. The molecule has 0 radical (unpaired) electrons. The van der Waals surface area contributed by atoms with Crippen molar-refractivity contribution in [3.05, 3.63) is 52.4 Å². The summed E-state index contributed by atoms with van der Waals surface area (Å²) < 4.78 is 32.1. The summed E-state index contributed by atoms with van der Waals surface area (Å²) in [6.07, 6.45) is 1.70. The van der Waals surface area contributed by atoms with Gasteiger partial charge in [-0.3, -0.25) is 4.79 Å². The third-order valence-corrected chi connectivity index (χ3v) is 6.33. The van der Waals surface area contributed by atoms with Crippen LogP contribution in [0, 0.1) is 6.92 Å². The number of furan rings is 1. The first kappa shape index (κ1) is 18.0. The number of sulfonamides is 1. The normalized spacial score (nSPS) is 15.4. The number of hydrogen-bond donors (Lipinski definition) is 1. The van der Waals surface area contributed by atoms with Crippen molar-refractivity contribution in [2.75, 3.05) is 13.1 Å². The van der Waals surface area contributed by atoms with Gasteiger partial charge in [-0.15, -0.1) is 0 Å². The molecule has 6 nitrogen and oxygen atoms in total. The van der Waals surface area contributed by atoms with Crippen LogP contribution in [0.3, 0.4) is 0 Å². The topological polar surface area (TPSA) is 79.6 Å². The molecule has 1 saturated heterocycles. The third-order valence-electron chi connectivity index (χ3n) is 4.10. The highest BCUT2D eigenvalue weighted by molar-refractivity contribution is 7.89. The van der Waals surface area contributed by atoms with Crippen LogP contribution in [0.5, 0.6) is 0 Å². The van der Waals surface area contributed by atoms with E-state index in [-0.39, 0.29) is 22.0 Å². The molecule has 134 valence electrons. The van der Waals surface area contributed by atoms with E-state index in [1.54, 1.807) is 12.1 Å². The lowest BCUT2D eigenvalue weighted by molar-refractivity contribution is 0.0948. The van der Waals surface area contributed by atoms with Gasteiger partial charge in [0.15, 0.2) is 0 Å². The lowest BCUT2D eigenvalue weighted by Gasteiger charge is -2.16. The van der Waals surface area contributed by atoms with Gasteiger partial charge >= 0.3 is 0 Å². The van der Waals surface area contributed by atoms with Gasteiger partial charge in [0.05, 0.1) is 22.0 Å². The largest absolute Gasteiger partial charge is 0.465 e. The number of nitrogens with zero attached hydrogens (tertiary/aromatic N) is 1. The van der Waals surface area contributed by atoms with Crippen LogP contribution in [0.2, 0.25) is 5.02 Å². The first-order chi connectivity index (χ1) is 11.9. The molecule has 1 aliphatic rings. The van der Waals surface area contributed by atoms with Gasteiger partial charge in [-0.2, -0.15) is 4.31 Å². The van der Waals surface area contributed by atoms with Crippen molar-refractivity contribution >= 4 is 27.5 Å². The van der Waals surface area contributed by atoms with E-state index in [0.717, 1.165) is 18.6 Å². The molecule has 1 aliphatic heterocycles. The Kier molecular flexibility index (Phi) is 5.17. The second kappa shape index (κ2) is 7.19. The van der Waals surface area contributed by atoms with Crippen molar-refractivity contribution in [2.24, 2.45) is 0 Å². The minimum absolute atomic E-state index is 0.0813. The van der Waals surface area contributed by atoms with Crippen molar-refractivity contribution in [3.8, 4) is 0 Å². The van der Waals surface area contributed by atoms with E-state index < -0.39 is 15.9 Å². The Labute approximate surface area is 151 Å². The van der Waals surface area contributed by atoms with Gasteiger partial charge < -0.3 is 9.73 Å². The van der Waals surface area contributed by atoms with E-state index >= 15 is 0 Å². The second-order valence-corrected chi connectivity index (χ2v) is 8.29. The highest BCUT2D eigenvalue weighted by atomic mass is 35.5. The van der Waals surface area contributed by atoms with Crippen LogP contribution in [0.4, 0.5) is 0 Å². The number of aryl methyl sites for hydroxylation is 1. The minimum atomic E-state index is -3.60. The Hall–Kier alpha value is -1.83. The van der Waals surface area contributed by atoms with Crippen LogP contribution in [-0.2, 0) is 16.6 Å². The molecule has 1 N–H and O–H groups in total. The molecular weight excluding hydrogens is 364 g/mol. The van der Waals surface area contributed by atoms with E-state index in [4.69, 9.17) is 16.0 Å². The summed E-state index contributed by atoms with van der Waals surface area (Å²) in [7, 11) is -3.60. The highest BCUT2D eigenvalue weighted by Gasteiger charge is 2.28. The molecular formula is C17H19ClN2O4S. The average molecular weight is 383 g/mol. The Bertz CT molecular complexity index is 886. The summed E-state index contributed by atoms with van der Waals surface area (Å²) in [4.78, 5) is 12.5. The zero-order valence-electron chi connectivity index (χ0n) is 13.8. The highest BCUT2D eigenvalue weighted by Crippen LogP contribution is 2.25. The van der Waals surface area contributed by atoms with Crippen molar-refractivity contribution in [1.82, 2.24) is 9.62 Å². The van der Waals surface area contributed by atoms with E-state index in [9.17, 15) is 13.2 Å². The van der Waals surface area contributed by atoms with Crippen LogP contribution in [0.1, 0.15) is 34.7 Å². The number of carbonyl (C=O) groups excluding carboxylic acids is 1. The zero-order valence-corrected chi connectivity index (χ0v) is 15.4. The molecule has 3 rings (SSSR count). The molecule has 0 bridgehead atoms. The van der Waals surface area contributed by atoms with E-state index in [2.05, 4.69) is 5.32 Å². The van der Waals surface area contributed by atoms with Crippen LogP contribution in [0.15, 0.2) is 39.6 Å². The number of benzene rings is 1. The number of amides is 1. The average Bonchev–Trinajstić information content (AvgIpc) is 3.24. The fourth-order valence-electron chi connectivity index (χ4n) is 2.76. The van der Waals surface area contributed by atoms with Crippen molar-refractivity contribution in [1.29, 1.82) is 0 Å². The monoisotopic (exact) mass is 382 g/mol. The summed E-state index contributed by atoms with van der Waals surface area (Å²) in [6.45, 7) is 3.02. The molecule has 0 aliphatic carbocycles. The summed E-state index contributed by atoms with van der Waals surface area (Å²) in [5.74, 6) is 0.918. The number of rotatable bonds is 5. The predicted molar refractivity (Wildman–Crippen MR) is 94.1 cm³/mol. The molecule has 0 unspecified atom stereocenters. The van der Waals surface area contributed by atoms with Gasteiger partial charge in [0, 0.05) is 13.1 Å². The fourth-order valence-corrected chi connectivity index (χ4v) is 4.51. The Morgan fingerprint density at radius 1 is 1.24 bits per heavy atom. The molecule has 25 heavy (non-hydrogen) atoms. The van der Waals surface area contributed by atoms with Gasteiger partial charge in [-0.25, -0.2) is 8.42 Å². The molecule has 1 aromatic carbocycles. The van der Waals surface area contributed by atoms with Crippen LogP contribution < -0.4 is 5.32 Å². The van der Waals surface area contributed by atoms with Gasteiger partial charge in [0.1, 0.15) is 11.5 Å². The van der Waals surface area contributed by atoms with Crippen LogP contribution in [0.25, 0.3) is 0 Å². The Balaban J connectivity index is 1.80. The van der Waals surface area contributed by atoms with E-state index in [1.165, 1.54) is 22.5 Å². The first-order valence-electron chi connectivity index (χ1n) is 8.01. The van der Waals surface area contributed by atoms with Gasteiger partial charge in [-0.05, 0) is 50.1 Å². The predicted octanol–water partition coefficient (Wildman–Crippen LogP) is 2.96. The van der Waals surface area contributed by atoms with Crippen molar-refractivity contribution in [3.63, 3.8) is 0 Å². The number of hydrogen-bond acceptors (Lipinski definition) is 4. The molecule has 0 spiro atoms. The molecule has 2 heterocycles. The molecule has 2 aromatic rings. The Morgan fingerprint density at radius 2 is 1.96 bits per heavy atom. The smallest absolute Gasteiger partial charge is 0.253 e. The Morgan fingerprint density at radius 3 is 2.60 bits per heavy atom. The molecule has 0 saturated carbocycles. The summed E-state index contributed by atoms with van der Waals surface area (Å²) in [5.41, 5.74) is 0.130. The summed E-state index contributed by atoms with van der Waals surface area (Å²) in [5, 5.41) is 2.89. The van der Waals surface area contributed by atoms with Crippen molar-refractivity contribution < 1.29 is 17.6 Å². The maximum Gasteiger partial charge on any atom is 0.253 e. The molecule has 8 heteroatoms. The van der Waals surface area contributed by atoms with E-state index in [0.29, 0.717) is 18.8 Å². The fraction of sp³-hybridized carbons (Fsp3) is 0.353. The molecule has 1 amide bonds. The molecule has 1 fully saturated rings. The quantitative estimate of drug-likeness (QED) is 0.862. The van der Waals surface area contributed by atoms with Crippen LogP contribution >= 0.6 is 11.6 Å². The summed E-state index contributed by atoms with van der Waals surface area (Å²) in [6, 6.07) is 7.78. The van der Waals surface area contributed by atoms with E-state index in [1.807, 2.05) is 6.92 Å². The second-order valence-electron chi connectivity index (χ2n) is 5.95. The minimum Gasteiger partial charge on any atom is -0.465 e. The summed E-state index contributed by atoms with van der Waals surface area (Å²) >= 11 is 6.09. The zero-order chi connectivity index (χ0) is 18.0. The maximum atomic E-state index is 12.6.